The van der Waals surface area contributed by atoms with Gasteiger partial charge in [-0.15, -0.1) is 0 Å². The molecule has 6 nitrogen and oxygen atoms in total. The highest BCUT2D eigenvalue weighted by Crippen LogP contribution is 2.34. The molecule has 2 N–H and O–H groups in total. The number of aromatic nitrogens is 2. The summed E-state index contributed by atoms with van der Waals surface area (Å²) >= 11 is 5.98. The fraction of sp³-hybridized carbons (Fsp3) is 0.389. The largest absolute Gasteiger partial charge is 0.481 e. The summed E-state index contributed by atoms with van der Waals surface area (Å²) in [5, 5.41) is 17.2. The standard InChI is InChI=1S/C18H20ClN3O3/c1-18(9-3-2-7-14(18)17(24)25)20-16(23)15-8-10-22(21-15)13-6-4-5-12(19)11-13/h4-6,8,10-11,14H,2-3,7,9H2,1H3,(H,20,23)(H,24,25). The molecule has 1 saturated carbocycles. The van der Waals surface area contributed by atoms with E-state index in [1.165, 1.54) is 0 Å². The fourth-order valence-electron chi connectivity index (χ4n) is 3.41. The van der Waals surface area contributed by atoms with Gasteiger partial charge in [0.15, 0.2) is 5.69 Å². The van der Waals surface area contributed by atoms with Crippen LogP contribution in [0.2, 0.25) is 5.02 Å². The Morgan fingerprint density at radius 1 is 1.36 bits per heavy atom. The quantitative estimate of drug-likeness (QED) is 0.875. The molecule has 25 heavy (non-hydrogen) atoms. The predicted octanol–water partition coefficient (Wildman–Crippen LogP) is 3.29. The van der Waals surface area contributed by atoms with Crippen molar-refractivity contribution >= 4 is 23.5 Å². The van der Waals surface area contributed by atoms with E-state index < -0.39 is 17.4 Å². The van der Waals surface area contributed by atoms with Crippen molar-refractivity contribution in [1.82, 2.24) is 15.1 Å². The SMILES string of the molecule is CC1(NC(=O)c2ccn(-c3cccc(Cl)c3)n2)CCCCC1C(=O)O. The summed E-state index contributed by atoms with van der Waals surface area (Å²) in [4.78, 5) is 24.1. The van der Waals surface area contributed by atoms with Crippen LogP contribution in [0, 0.1) is 5.92 Å². The van der Waals surface area contributed by atoms with E-state index in [0.717, 1.165) is 18.5 Å². The third-order valence-corrected chi connectivity index (χ3v) is 5.03. The highest BCUT2D eigenvalue weighted by molar-refractivity contribution is 6.30. The number of benzene rings is 1. The molecule has 0 spiro atoms. The molecule has 2 aromatic rings. The second kappa shape index (κ2) is 6.88. The number of amides is 1. The maximum atomic E-state index is 12.6. The van der Waals surface area contributed by atoms with Crippen LogP contribution in [0.3, 0.4) is 0 Å². The van der Waals surface area contributed by atoms with Gasteiger partial charge in [0.05, 0.1) is 17.1 Å². The lowest BCUT2D eigenvalue weighted by Crippen LogP contribution is -2.55. The minimum absolute atomic E-state index is 0.246. The summed E-state index contributed by atoms with van der Waals surface area (Å²) in [7, 11) is 0. The van der Waals surface area contributed by atoms with E-state index >= 15 is 0 Å². The number of halogens is 1. The van der Waals surface area contributed by atoms with Gasteiger partial charge in [-0.2, -0.15) is 5.10 Å². The molecule has 1 aromatic carbocycles. The molecule has 1 fully saturated rings. The van der Waals surface area contributed by atoms with E-state index in [9.17, 15) is 14.7 Å². The van der Waals surface area contributed by atoms with Crippen molar-refractivity contribution in [3.05, 3.63) is 47.2 Å². The maximum absolute atomic E-state index is 12.6. The molecule has 0 saturated heterocycles. The molecule has 0 aliphatic heterocycles. The smallest absolute Gasteiger partial charge is 0.308 e. The van der Waals surface area contributed by atoms with Crippen molar-refractivity contribution in [2.75, 3.05) is 0 Å². The molecule has 7 heteroatoms. The number of carbonyl (C=O) groups excluding carboxylic acids is 1. The maximum Gasteiger partial charge on any atom is 0.308 e. The van der Waals surface area contributed by atoms with Gasteiger partial charge in [0, 0.05) is 11.2 Å². The van der Waals surface area contributed by atoms with Gasteiger partial charge < -0.3 is 10.4 Å². The first-order chi connectivity index (χ1) is 11.9. The zero-order valence-corrected chi connectivity index (χ0v) is 14.7. The van der Waals surface area contributed by atoms with Crippen LogP contribution in [0.25, 0.3) is 5.69 Å². The van der Waals surface area contributed by atoms with Gasteiger partial charge in [-0.1, -0.05) is 30.5 Å². The van der Waals surface area contributed by atoms with Crippen LogP contribution in [0.4, 0.5) is 0 Å². The third kappa shape index (κ3) is 3.69. The Labute approximate surface area is 150 Å². The average Bonchev–Trinajstić information content (AvgIpc) is 3.05. The van der Waals surface area contributed by atoms with Gasteiger partial charge in [0.2, 0.25) is 0 Å². The lowest BCUT2D eigenvalue weighted by Gasteiger charge is -2.39. The highest BCUT2D eigenvalue weighted by Gasteiger charge is 2.42. The van der Waals surface area contributed by atoms with Gasteiger partial charge in [0.25, 0.3) is 5.91 Å². The van der Waals surface area contributed by atoms with Gasteiger partial charge in [-0.05, 0) is 44.0 Å². The normalized spacial score (nSPS) is 23.2. The molecule has 1 amide bonds. The lowest BCUT2D eigenvalue weighted by molar-refractivity contribution is -0.145. The van der Waals surface area contributed by atoms with Crippen LogP contribution >= 0.6 is 11.6 Å². The van der Waals surface area contributed by atoms with E-state index in [-0.39, 0.29) is 11.6 Å². The first-order valence-corrected chi connectivity index (χ1v) is 8.64. The van der Waals surface area contributed by atoms with Gasteiger partial charge in [-0.25, -0.2) is 4.68 Å². The summed E-state index contributed by atoms with van der Waals surface area (Å²) in [6, 6.07) is 8.76. The zero-order chi connectivity index (χ0) is 18.0. The van der Waals surface area contributed by atoms with Crippen molar-refractivity contribution in [2.24, 2.45) is 5.92 Å². The first-order valence-electron chi connectivity index (χ1n) is 8.26. The predicted molar refractivity (Wildman–Crippen MR) is 94.0 cm³/mol. The molecular formula is C18H20ClN3O3. The van der Waals surface area contributed by atoms with Crippen LogP contribution in [-0.2, 0) is 4.79 Å². The summed E-state index contributed by atoms with van der Waals surface area (Å²) in [6.07, 6.45) is 4.66. The minimum Gasteiger partial charge on any atom is -0.481 e. The van der Waals surface area contributed by atoms with Crippen molar-refractivity contribution in [3.8, 4) is 5.69 Å². The number of nitrogens with one attached hydrogen (secondary N) is 1. The van der Waals surface area contributed by atoms with E-state index in [4.69, 9.17) is 11.6 Å². The van der Waals surface area contributed by atoms with Gasteiger partial charge in [0.1, 0.15) is 0 Å². The van der Waals surface area contributed by atoms with Crippen LogP contribution in [-0.4, -0.2) is 32.3 Å². The monoisotopic (exact) mass is 361 g/mol. The highest BCUT2D eigenvalue weighted by atomic mass is 35.5. The van der Waals surface area contributed by atoms with Crippen molar-refractivity contribution < 1.29 is 14.7 Å². The number of carbonyl (C=O) groups is 2. The molecule has 0 radical (unpaired) electrons. The molecule has 3 rings (SSSR count). The molecule has 1 heterocycles. The summed E-state index contributed by atoms with van der Waals surface area (Å²) in [5.41, 5.74) is 0.232. The Kier molecular flexibility index (Phi) is 4.81. The Morgan fingerprint density at radius 2 is 2.16 bits per heavy atom. The first kappa shape index (κ1) is 17.5. The summed E-state index contributed by atoms with van der Waals surface area (Å²) in [6.45, 7) is 1.80. The summed E-state index contributed by atoms with van der Waals surface area (Å²) < 4.78 is 1.57. The van der Waals surface area contributed by atoms with Crippen molar-refractivity contribution in [2.45, 2.75) is 38.1 Å². The summed E-state index contributed by atoms with van der Waals surface area (Å²) in [5.74, 6) is -1.82. The van der Waals surface area contributed by atoms with E-state index in [0.29, 0.717) is 17.9 Å². The third-order valence-electron chi connectivity index (χ3n) is 4.80. The molecule has 132 valence electrons. The van der Waals surface area contributed by atoms with Crippen LogP contribution in [0.15, 0.2) is 36.5 Å². The second-order valence-electron chi connectivity index (χ2n) is 6.63. The van der Waals surface area contributed by atoms with Crippen LogP contribution in [0.1, 0.15) is 43.1 Å². The minimum atomic E-state index is -0.869. The Bertz CT molecular complexity index is 804. The Hall–Kier alpha value is -2.34. The number of carboxylic acid groups (broad SMARTS) is 1. The van der Waals surface area contributed by atoms with E-state index in [1.807, 2.05) is 6.07 Å². The van der Waals surface area contributed by atoms with E-state index in [1.54, 1.807) is 42.1 Å². The van der Waals surface area contributed by atoms with Crippen LogP contribution < -0.4 is 5.32 Å². The number of hydrogen-bond acceptors (Lipinski definition) is 3. The lowest BCUT2D eigenvalue weighted by atomic mass is 9.74. The molecule has 1 aliphatic rings. The number of aliphatic carboxylic acids is 1. The number of rotatable bonds is 4. The van der Waals surface area contributed by atoms with Crippen LogP contribution in [0.5, 0.6) is 0 Å². The van der Waals surface area contributed by atoms with E-state index in [2.05, 4.69) is 10.4 Å². The Balaban J connectivity index is 1.78. The molecule has 0 bridgehead atoms. The zero-order valence-electron chi connectivity index (χ0n) is 13.9. The molecule has 1 aromatic heterocycles. The fourth-order valence-corrected chi connectivity index (χ4v) is 3.59. The van der Waals surface area contributed by atoms with Crippen molar-refractivity contribution in [1.29, 1.82) is 0 Å². The number of carboxylic acids is 1. The molecular weight excluding hydrogens is 342 g/mol. The van der Waals surface area contributed by atoms with Gasteiger partial charge >= 0.3 is 5.97 Å². The average molecular weight is 362 g/mol. The van der Waals surface area contributed by atoms with Gasteiger partial charge in [-0.3, -0.25) is 9.59 Å². The molecule has 2 unspecified atom stereocenters. The molecule has 1 aliphatic carbocycles. The number of nitrogens with zero attached hydrogens (tertiary/aromatic N) is 2. The Morgan fingerprint density at radius 3 is 2.88 bits per heavy atom. The number of hydrogen-bond donors (Lipinski definition) is 2. The van der Waals surface area contributed by atoms with Crippen molar-refractivity contribution in [3.63, 3.8) is 0 Å². The second-order valence-corrected chi connectivity index (χ2v) is 7.07. The molecule has 2 atom stereocenters. The topological polar surface area (TPSA) is 84.2 Å².